The van der Waals surface area contributed by atoms with Crippen LogP contribution in [0.1, 0.15) is 10.4 Å². The van der Waals surface area contributed by atoms with Crippen LogP contribution in [-0.2, 0) is 10.0 Å². The lowest BCUT2D eigenvalue weighted by atomic mass is 10.2. The highest BCUT2D eigenvalue weighted by Gasteiger charge is 2.16. The van der Waals surface area contributed by atoms with E-state index in [-0.39, 0.29) is 21.8 Å². The van der Waals surface area contributed by atoms with Gasteiger partial charge in [-0.1, -0.05) is 0 Å². The van der Waals surface area contributed by atoms with Crippen LogP contribution in [0.3, 0.4) is 0 Å². The van der Waals surface area contributed by atoms with Gasteiger partial charge < -0.3 is 0 Å². The first-order valence-electron chi connectivity index (χ1n) is 6.15. The Morgan fingerprint density at radius 1 is 1.04 bits per heavy atom. The molecule has 0 saturated carbocycles. The van der Waals surface area contributed by atoms with Gasteiger partial charge in [0.25, 0.3) is 21.6 Å². The molecule has 3 N–H and O–H groups in total. The second-order valence-electron chi connectivity index (χ2n) is 4.37. The van der Waals surface area contributed by atoms with Gasteiger partial charge in [-0.15, -0.1) is 0 Å². The molecule has 0 radical (unpaired) electrons. The van der Waals surface area contributed by atoms with Crippen molar-refractivity contribution < 1.29 is 23.3 Å². The highest BCUT2D eigenvalue weighted by molar-refractivity contribution is 7.92. The molecule has 120 valence electrons. The van der Waals surface area contributed by atoms with Crippen LogP contribution in [0.4, 0.5) is 11.4 Å². The maximum atomic E-state index is 12.2. The predicted octanol–water partition coefficient (Wildman–Crippen LogP) is 1.51. The van der Waals surface area contributed by atoms with Crippen molar-refractivity contribution in [2.24, 2.45) is 0 Å². The van der Waals surface area contributed by atoms with E-state index in [2.05, 4.69) is 4.72 Å². The van der Waals surface area contributed by atoms with Crippen LogP contribution >= 0.6 is 0 Å². The summed E-state index contributed by atoms with van der Waals surface area (Å²) in [4.78, 5) is 20.9. The number of amides is 1. The van der Waals surface area contributed by atoms with Crippen molar-refractivity contribution in [2.75, 3.05) is 4.72 Å². The molecular formula is C13H11N3O6S. The summed E-state index contributed by atoms with van der Waals surface area (Å²) in [6.45, 7) is 0. The zero-order chi connectivity index (χ0) is 17.0. The number of nitro groups is 1. The molecule has 0 heterocycles. The molecule has 0 unspecified atom stereocenters. The number of anilines is 1. The minimum Gasteiger partial charge on any atom is -0.288 e. The van der Waals surface area contributed by atoms with Crippen molar-refractivity contribution in [3.63, 3.8) is 0 Å². The lowest BCUT2D eigenvalue weighted by Gasteiger charge is -2.08. The Morgan fingerprint density at radius 2 is 1.61 bits per heavy atom. The van der Waals surface area contributed by atoms with Crippen LogP contribution in [-0.4, -0.2) is 24.5 Å². The second-order valence-corrected chi connectivity index (χ2v) is 6.06. The summed E-state index contributed by atoms with van der Waals surface area (Å²) in [5.41, 5.74) is 1.57. The summed E-state index contributed by atoms with van der Waals surface area (Å²) >= 11 is 0. The fourth-order valence-corrected chi connectivity index (χ4v) is 2.77. The zero-order valence-electron chi connectivity index (χ0n) is 11.5. The fourth-order valence-electron chi connectivity index (χ4n) is 1.72. The Hall–Kier alpha value is -2.98. The third kappa shape index (κ3) is 3.81. The number of rotatable bonds is 5. The molecule has 0 atom stereocenters. The van der Waals surface area contributed by atoms with Crippen LogP contribution in [0.2, 0.25) is 0 Å². The van der Waals surface area contributed by atoms with E-state index in [0.717, 1.165) is 24.3 Å². The number of hydrogen-bond donors (Lipinski definition) is 3. The van der Waals surface area contributed by atoms with Gasteiger partial charge in [0.15, 0.2) is 0 Å². The Labute approximate surface area is 130 Å². The van der Waals surface area contributed by atoms with E-state index in [1.54, 1.807) is 0 Å². The number of hydrogen-bond acceptors (Lipinski definition) is 6. The molecule has 9 nitrogen and oxygen atoms in total. The lowest BCUT2D eigenvalue weighted by Crippen LogP contribution is -2.18. The lowest BCUT2D eigenvalue weighted by molar-refractivity contribution is -0.384. The molecule has 2 rings (SSSR count). The molecule has 0 spiro atoms. The van der Waals surface area contributed by atoms with Gasteiger partial charge in [0.2, 0.25) is 0 Å². The number of hydroxylamine groups is 1. The van der Waals surface area contributed by atoms with Crippen molar-refractivity contribution in [3.8, 4) is 0 Å². The normalized spacial score (nSPS) is 10.8. The van der Waals surface area contributed by atoms with Crippen LogP contribution in [0.15, 0.2) is 53.4 Å². The first kappa shape index (κ1) is 16.4. The smallest absolute Gasteiger partial charge is 0.274 e. The number of non-ortho nitro benzene ring substituents is 1. The summed E-state index contributed by atoms with van der Waals surface area (Å²) in [7, 11) is -3.92. The molecule has 0 fully saturated rings. The van der Waals surface area contributed by atoms with Crippen LogP contribution in [0.25, 0.3) is 0 Å². The van der Waals surface area contributed by atoms with Crippen molar-refractivity contribution in [3.05, 3.63) is 64.2 Å². The van der Waals surface area contributed by atoms with Crippen molar-refractivity contribution in [1.29, 1.82) is 0 Å². The monoisotopic (exact) mass is 337 g/mol. The summed E-state index contributed by atoms with van der Waals surface area (Å²) in [6, 6.07) is 9.73. The first-order valence-corrected chi connectivity index (χ1v) is 7.63. The van der Waals surface area contributed by atoms with Gasteiger partial charge in [0.1, 0.15) is 0 Å². The van der Waals surface area contributed by atoms with E-state index in [0.29, 0.717) is 0 Å². The number of benzene rings is 2. The SMILES string of the molecule is O=C(NO)c1ccc(NS(=O)(=O)c2ccc([N+](=O)[O-])cc2)cc1. The molecule has 0 bridgehead atoms. The molecule has 0 saturated heterocycles. The van der Waals surface area contributed by atoms with Gasteiger partial charge in [-0.25, -0.2) is 13.9 Å². The molecule has 0 aromatic heterocycles. The van der Waals surface area contributed by atoms with Gasteiger partial charge in [-0.2, -0.15) is 0 Å². The van der Waals surface area contributed by atoms with Gasteiger partial charge in [0, 0.05) is 23.4 Å². The standard InChI is InChI=1S/C13H11N3O6S/c17-13(14-18)9-1-3-10(4-2-9)15-23(21,22)12-7-5-11(6-8-12)16(19)20/h1-8,15,18H,(H,14,17). The quantitative estimate of drug-likeness (QED) is 0.429. The van der Waals surface area contributed by atoms with E-state index >= 15 is 0 Å². The Bertz CT molecular complexity index is 831. The predicted molar refractivity (Wildman–Crippen MR) is 79.6 cm³/mol. The fraction of sp³-hybridized carbons (Fsp3) is 0. The summed E-state index contributed by atoms with van der Waals surface area (Å²) in [5.74, 6) is -0.727. The molecule has 0 aliphatic heterocycles. The van der Waals surface area contributed by atoms with Crippen molar-refractivity contribution in [2.45, 2.75) is 4.90 Å². The van der Waals surface area contributed by atoms with E-state index in [9.17, 15) is 23.3 Å². The molecular weight excluding hydrogens is 326 g/mol. The summed E-state index contributed by atoms with van der Waals surface area (Å²) in [6.07, 6.45) is 0. The zero-order valence-corrected chi connectivity index (χ0v) is 12.3. The molecule has 2 aromatic rings. The molecule has 2 aromatic carbocycles. The maximum absolute atomic E-state index is 12.2. The van der Waals surface area contributed by atoms with E-state index < -0.39 is 20.9 Å². The van der Waals surface area contributed by atoms with Crippen LogP contribution < -0.4 is 10.2 Å². The first-order chi connectivity index (χ1) is 10.8. The van der Waals surface area contributed by atoms with Crippen LogP contribution in [0.5, 0.6) is 0 Å². The van der Waals surface area contributed by atoms with Crippen molar-refractivity contribution in [1.82, 2.24) is 5.48 Å². The molecule has 1 amide bonds. The molecule has 10 heteroatoms. The second kappa shape index (κ2) is 6.42. The Kier molecular flexibility index (Phi) is 4.57. The Balaban J connectivity index is 2.20. The maximum Gasteiger partial charge on any atom is 0.274 e. The Morgan fingerprint density at radius 3 is 2.09 bits per heavy atom. The summed E-state index contributed by atoms with van der Waals surface area (Å²) in [5, 5.41) is 19.0. The topological polar surface area (TPSA) is 139 Å². The number of carbonyl (C=O) groups excluding carboxylic acids is 1. The third-order valence-electron chi connectivity index (χ3n) is 2.86. The minimum atomic E-state index is -3.92. The highest BCUT2D eigenvalue weighted by Crippen LogP contribution is 2.19. The highest BCUT2D eigenvalue weighted by atomic mass is 32.2. The van der Waals surface area contributed by atoms with Gasteiger partial charge in [-0.05, 0) is 36.4 Å². The largest absolute Gasteiger partial charge is 0.288 e. The molecule has 0 aliphatic rings. The van der Waals surface area contributed by atoms with Gasteiger partial charge >= 0.3 is 0 Å². The number of nitrogens with zero attached hydrogens (tertiary/aromatic N) is 1. The van der Waals surface area contributed by atoms with E-state index in [1.807, 2.05) is 0 Å². The average Bonchev–Trinajstić information content (AvgIpc) is 2.54. The average molecular weight is 337 g/mol. The van der Waals surface area contributed by atoms with E-state index in [4.69, 9.17) is 5.21 Å². The number of nitrogens with one attached hydrogen (secondary N) is 2. The summed E-state index contributed by atoms with van der Waals surface area (Å²) < 4.78 is 26.6. The molecule has 23 heavy (non-hydrogen) atoms. The van der Waals surface area contributed by atoms with Gasteiger partial charge in [0.05, 0.1) is 9.82 Å². The number of nitro benzene ring substituents is 1. The number of sulfonamides is 1. The van der Waals surface area contributed by atoms with E-state index in [1.165, 1.54) is 29.7 Å². The number of carbonyl (C=O) groups is 1. The minimum absolute atomic E-state index is 0.139. The van der Waals surface area contributed by atoms with Gasteiger partial charge in [-0.3, -0.25) is 24.8 Å². The van der Waals surface area contributed by atoms with Crippen molar-refractivity contribution >= 4 is 27.3 Å². The molecule has 0 aliphatic carbocycles. The third-order valence-corrected chi connectivity index (χ3v) is 4.26. The van der Waals surface area contributed by atoms with Crippen LogP contribution in [0, 0.1) is 10.1 Å².